The van der Waals surface area contributed by atoms with Crippen LogP contribution in [0.4, 0.5) is 0 Å². The van der Waals surface area contributed by atoms with Crippen LogP contribution >= 0.6 is 0 Å². The summed E-state index contributed by atoms with van der Waals surface area (Å²) in [5.41, 5.74) is 3.33. The normalized spacial score (nSPS) is 16.9. The molecule has 5 heteroatoms. The molecule has 5 nitrogen and oxygen atoms in total. The second kappa shape index (κ2) is 10.8. The van der Waals surface area contributed by atoms with Gasteiger partial charge in [-0.15, -0.1) is 0 Å². The van der Waals surface area contributed by atoms with Gasteiger partial charge in [0.15, 0.2) is 0 Å². The fourth-order valence-corrected chi connectivity index (χ4v) is 3.77. The summed E-state index contributed by atoms with van der Waals surface area (Å²) in [6.07, 6.45) is 4.10. The third-order valence-corrected chi connectivity index (χ3v) is 5.56. The average molecular weight is 394 g/mol. The third-order valence-electron chi connectivity index (χ3n) is 5.56. The molecule has 0 spiro atoms. The number of amides is 2. The Labute approximate surface area is 173 Å². The topological polar surface area (TPSA) is 61.4 Å². The molecule has 2 aromatic rings. The van der Waals surface area contributed by atoms with Gasteiger partial charge in [0.1, 0.15) is 0 Å². The monoisotopic (exact) mass is 393 g/mol. The van der Waals surface area contributed by atoms with Gasteiger partial charge in [-0.3, -0.25) is 14.5 Å². The van der Waals surface area contributed by atoms with E-state index >= 15 is 0 Å². The van der Waals surface area contributed by atoms with Gasteiger partial charge in [0.05, 0.1) is 13.0 Å². The molecule has 2 aromatic carbocycles. The van der Waals surface area contributed by atoms with Crippen molar-refractivity contribution in [3.05, 3.63) is 71.3 Å². The molecule has 0 radical (unpaired) electrons. The van der Waals surface area contributed by atoms with E-state index in [0.717, 1.165) is 24.2 Å². The number of likely N-dealkylation sites (tertiary alicyclic amines) is 1. The molecular weight excluding hydrogens is 362 g/mol. The van der Waals surface area contributed by atoms with E-state index in [1.807, 2.05) is 36.4 Å². The van der Waals surface area contributed by atoms with E-state index in [9.17, 15) is 9.59 Å². The number of carbonyl (C=O) groups is 2. The Morgan fingerprint density at radius 3 is 2.41 bits per heavy atom. The zero-order chi connectivity index (χ0) is 20.5. The predicted molar refractivity (Wildman–Crippen MR) is 115 cm³/mol. The molecule has 29 heavy (non-hydrogen) atoms. The van der Waals surface area contributed by atoms with Crippen LogP contribution in [0.25, 0.3) is 0 Å². The molecule has 154 valence electrons. The number of piperidine rings is 1. The smallest absolute Gasteiger partial charge is 0.239 e. The van der Waals surface area contributed by atoms with Crippen molar-refractivity contribution >= 4 is 11.8 Å². The first-order chi connectivity index (χ1) is 14.1. The van der Waals surface area contributed by atoms with Gasteiger partial charge in [-0.1, -0.05) is 61.0 Å². The van der Waals surface area contributed by atoms with Crippen molar-refractivity contribution in [3.63, 3.8) is 0 Å². The van der Waals surface area contributed by atoms with Crippen LogP contribution in [0.5, 0.6) is 0 Å². The van der Waals surface area contributed by atoms with Crippen molar-refractivity contribution < 1.29 is 9.59 Å². The first kappa shape index (κ1) is 21.1. The van der Waals surface area contributed by atoms with E-state index in [1.165, 1.54) is 24.8 Å². The van der Waals surface area contributed by atoms with Crippen LogP contribution in [0.2, 0.25) is 0 Å². The lowest BCUT2D eigenvalue weighted by Gasteiger charge is -2.33. The number of carbonyl (C=O) groups excluding carboxylic acids is 2. The van der Waals surface area contributed by atoms with Crippen LogP contribution in [-0.2, 0) is 29.1 Å². The molecule has 0 bridgehead atoms. The highest BCUT2D eigenvalue weighted by atomic mass is 16.2. The molecule has 1 heterocycles. The summed E-state index contributed by atoms with van der Waals surface area (Å²) < 4.78 is 0. The standard InChI is InChI=1S/C24H31N3O2/c1-19-9-7-8-14-27(19)18-22-13-6-5-12-21(22)16-25-24(29)17-26-23(28)15-20-10-3-2-4-11-20/h2-6,10-13,19H,7-9,14-18H2,1H3,(H,25,29)(H,26,28)/t19-/m0/s1. The second-order valence-corrected chi connectivity index (χ2v) is 7.80. The first-order valence-electron chi connectivity index (χ1n) is 10.5. The fraction of sp³-hybridized carbons (Fsp3) is 0.417. The number of hydrogen-bond donors (Lipinski definition) is 2. The Morgan fingerprint density at radius 1 is 0.931 bits per heavy atom. The lowest BCUT2D eigenvalue weighted by atomic mass is 10.0. The zero-order valence-electron chi connectivity index (χ0n) is 17.2. The fourth-order valence-electron chi connectivity index (χ4n) is 3.77. The Bertz CT molecular complexity index is 807. The second-order valence-electron chi connectivity index (χ2n) is 7.80. The zero-order valence-corrected chi connectivity index (χ0v) is 17.2. The summed E-state index contributed by atoms with van der Waals surface area (Å²) in [4.78, 5) is 26.7. The number of nitrogens with one attached hydrogen (secondary N) is 2. The molecule has 1 fully saturated rings. The van der Waals surface area contributed by atoms with Crippen LogP contribution in [-0.4, -0.2) is 35.8 Å². The number of hydrogen-bond acceptors (Lipinski definition) is 3. The molecule has 0 aromatic heterocycles. The van der Waals surface area contributed by atoms with E-state index in [4.69, 9.17) is 0 Å². The summed E-state index contributed by atoms with van der Waals surface area (Å²) in [6.45, 7) is 4.82. The largest absolute Gasteiger partial charge is 0.350 e. The Hall–Kier alpha value is -2.66. The van der Waals surface area contributed by atoms with Gasteiger partial charge in [-0.05, 0) is 43.0 Å². The minimum atomic E-state index is -0.174. The molecule has 0 saturated carbocycles. The first-order valence-corrected chi connectivity index (χ1v) is 10.5. The molecular formula is C24H31N3O2. The van der Waals surface area contributed by atoms with E-state index in [0.29, 0.717) is 12.6 Å². The Morgan fingerprint density at radius 2 is 1.66 bits per heavy atom. The van der Waals surface area contributed by atoms with Gasteiger partial charge in [-0.25, -0.2) is 0 Å². The van der Waals surface area contributed by atoms with Crippen LogP contribution in [0, 0.1) is 0 Å². The van der Waals surface area contributed by atoms with Crippen LogP contribution in [0.1, 0.15) is 42.9 Å². The molecule has 1 aliphatic heterocycles. The Balaban J connectivity index is 1.45. The number of benzene rings is 2. The minimum absolute atomic E-state index is 0.00298. The summed E-state index contributed by atoms with van der Waals surface area (Å²) in [6, 6.07) is 18.4. The number of rotatable bonds is 8. The quantitative estimate of drug-likeness (QED) is 0.725. The predicted octanol–water partition coefficient (Wildman–Crippen LogP) is 3.04. The van der Waals surface area contributed by atoms with Gasteiger partial charge < -0.3 is 10.6 Å². The summed E-state index contributed by atoms with van der Waals surface area (Å²) in [7, 11) is 0. The Kier molecular flexibility index (Phi) is 7.82. The van der Waals surface area contributed by atoms with Gasteiger partial charge in [-0.2, -0.15) is 0 Å². The van der Waals surface area contributed by atoms with Crippen molar-refractivity contribution in [2.75, 3.05) is 13.1 Å². The van der Waals surface area contributed by atoms with Gasteiger partial charge >= 0.3 is 0 Å². The molecule has 1 saturated heterocycles. The van der Waals surface area contributed by atoms with Crippen molar-refractivity contribution in [2.24, 2.45) is 0 Å². The van der Waals surface area contributed by atoms with Crippen molar-refractivity contribution in [3.8, 4) is 0 Å². The van der Waals surface area contributed by atoms with Crippen molar-refractivity contribution in [1.29, 1.82) is 0 Å². The highest BCUT2D eigenvalue weighted by Crippen LogP contribution is 2.20. The molecule has 0 aliphatic carbocycles. The van der Waals surface area contributed by atoms with E-state index < -0.39 is 0 Å². The van der Waals surface area contributed by atoms with Crippen molar-refractivity contribution in [2.45, 2.75) is 51.7 Å². The average Bonchev–Trinajstić information content (AvgIpc) is 2.74. The maximum absolute atomic E-state index is 12.2. The van der Waals surface area contributed by atoms with E-state index in [1.54, 1.807) is 0 Å². The minimum Gasteiger partial charge on any atom is -0.350 e. The lowest BCUT2D eigenvalue weighted by Crippen LogP contribution is -2.38. The van der Waals surface area contributed by atoms with Crippen LogP contribution in [0.3, 0.4) is 0 Å². The van der Waals surface area contributed by atoms with Gasteiger partial charge in [0, 0.05) is 19.1 Å². The highest BCUT2D eigenvalue weighted by Gasteiger charge is 2.19. The summed E-state index contributed by atoms with van der Waals surface area (Å²) >= 11 is 0. The summed E-state index contributed by atoms with van der Waals surface area (Å²) in [5.74, 6) is -0.321. The van der Waals surface area contributed by atoms with E-state index in [-0.39, 0.29) is 24.8 Å². The molecule has 2 N–H and O–H groups in total. The SMILES string of the molecule is C[C@H]1CCCCN1Cc1ccccc1CNC(=O)CNC(=O)Cc1ccccc1. The third kappa shape index (κ3) is 6.71. The molecule has 3 rings (SSSR count). The molecule has 1 aliphatic rings. The summed E-state index contributed by atoms with van der Waals surface area (Å²) in [5, 5.41) is 5.63. The number of nitrogens with zero attached hydrogens (tertiary/aromatic N) is 1. The van der Waals surface area contributed by atoms with E-state index in [2.05, 4.69) is 40.7 Å². The maximum atomic E-state index is 12.2. The molecule has 2 amide bonds. The van der Waals surface area contributed by atoms with Crippen molar-refractivity contribution in [1.82, 2.24) is 15.5 Å². The van der Waals surface area contributed by atoms with Crippen LogP contribution < -0.4 is 10.6 Å². The van der Waals surface area contributed by atoms with Gasteiger partial charge in [0.2, 0.25) is 11.8 Å². The molecule has 1 atom stereocenters. The molecule has 0 unspecified atom stereocenters. The maximum Gasteiger partial charge on any atom is 0.239 e. The van der Waals surface area contributed by atoms with Gasteiger partial charge in [0.25, 0.3) is 0 Å². The highest BCUT2D eigenvalue weighted by molar-refractivity contribution is 5.85. The lowest BCUT2D eigenvalue weighted by molar-refractivity contribution is -0.125. The van der Waals surface area contributed by atoms with Crippen LogP contribution in [0.15, 0.2) is 54.6 Å².